The van der Waals surface area contributed by atoms with E-state index in [-0.39, 0.29) is 17.3 Å². The normalized spacial score (nSPS) is 11.1. The van der Waals surface area contributed by atoms with Crippen molar-refractivity contribution in [3.63, 3.8) is 0 Å². The third kappa shape index (κ3) is 3.02. The molecule has 140 valence electrons. The van der Waals surface area contributed by atoms with Gasteiger partial charge in [-0.2, -0.15) is 10.2 Å². The summed E-state index contributed by atoms with van der Waals surface area (Å²) in [5.74, 6) is -0.0187. The summed E-state index contributed by atoms with van der Waals surface area (Å²) in [6, 6.07) is 10.2. The summed E-state index contributed by atoms with van der Waals surface area (Å²) in [5, 5.41) is 12.1. The van der Waals surface area contributed by atoms with Gasteiger partial charge in [0.15, 0.2) is 11.5 Å². The molecule has 1 amide bonds. The molecule has 3 heterocycles. The summed E-state index contributed by atoms with van der Waals surface area (Å²) in [6.07, 6.45) is 4.47. The fourth-order valence-corrected chi connectivity index (χ4v) is 2.90. The van der Waals surface area contributed by atoms with E-state index in [9.17, 15) is 9.59 Å². The SMILES string of the molecule is CC(C)n1nc(C(=O)Nc2cccnc2-n2cncn2)c2ccccc2c1=O. The molecule has 0 aliphatic heterocycles. The van der Waals surface area contributed by atoms with E-state index in [0.717, 1.165) is 0 Å². The zero-order valence-corrected chi connectivity index (χ0v) is 15.3. The molecule has 4 aromatic rings. The summed E-state index contributed by atoms with van der Waals surface area (Å²) in [5.41, 5.74) is 0.385. The van der Waals surface area contributed by atoms with E-state index in [1.807, 2.05) is 13.8 Å². The first-order chi connectivity index (χ1) is 13.6. The van der Waals surface area contributed by atoms with Crippen LogP contribution in [0.3, 0.4) is 0 Å². The largest absolute Gasteiger partial charge is 0.317 e. The van der Waals surface area contributed by atoms with Crippen molar-refractivity contribution in [3.05, 3.63) is 71.3 Å². The van der Waals surface area contributed by atoms with Gasteiger partial charge in [-0.3, -0.25) is 9.59 Å². The maximum absolute atomic E-state index is 13.1. The summed E-state index contributed by atoms with van der Waals surface area (Å²) in [4.78, 5) is 33.9. The van der Waals surface area contributed by atoms with E-state index in [0.29, 0.717) is 22.3 Å². The first kappa shape index (κ1) is 17.5. The highest BCUT2D eigenvalue weighted by Gasteiger charge is 2.19. The Morgan fingerprint density at radius 2 is 1.89 bits per heavy atom. The first-order valence-corrected chi connectivity index (χ1v) is 8.69. The summed E-state index contributed by atoms with van der Waals surface area (Å²) >= 11 is 0. The maximum atomic E-state index is 13.1. The Hall–Kier alpha value is -3.88. The highest BCUT2D eigenvalue weighted by Crippen LogP contribution is 2.19. The van der Waals surface area contributed by atoms with Crippen molar-refractivity contribution in [2.45, 2.75) is 19.9 Å². The lowest BCUT2D eigenvalue weighted by molar-refractivity contribution is 0.102. The van der Waals surface area contributed by atoms with Crippen LogP contribution in [0.2, 0.25) is 0 Å². The van der Waals surface area contributed by atoms with E-state index in [4.69, 9.17) is 0 Å². The number of benzene rings is 1. The Balaban J connectivity index is 1.81. The number of amides is 1. The predicted octanol–water partition coefficient (Wildman–Crippen LogP) is 2.21. The van der Waals surface area contributed by atoms with Gasteiger partial charge >= 0.3 is 0 Å². The van der Waals surface area contributed by atoms with Gasteiger partial charge in [0.2, 0.25) is 0 Å². The molecular weight excluding hydrogens is 358 g/mol. The minimum absolute atomic E-state index is 0.164. The van der Waals surface area contributed by atoms with Crippen molar-refractivity contribution in [2.75, 3.05) is 5.32 Å². The fraction of sp³-hybridized carbons (Fsp3) is 0.158. The lowest BCUT2D eigenvalue weighted by Gasteiger charge is -2.14. The third-order valence-electron chi connectivity index (χ3n) is 4.20. The Kier molecular flexibility index (Phi) is 4.40. The molecule has 0 saturated carbocycles. The number of rotatable bonds is 4. The molecule has 0 atom stereocenters. The fourth-order valence-electron chi connectivity index (χ4n) is 2.90. The summed E-state index contributed by atoms with van der Waals surface area (Å²) < 4.78 is 2.77. The molecule has 9 nitrogen and oxygen atoms in total. The third-order valence-corrected chi connectivity index (χ3v) is 4.20. The second-order valence-electron chi connectivity index (χ2n) is 6.41. The standard InChI is InChI=1S/C19H17N7O2/c1-12(2)26-19(28)14-7-4-3-6-13(14)16(24-26)18(27)23-15-8-5-9-21-17(15)25-11-20-10-22-25/h3-12H,1-2H3,(H,23,27). The van der Waals surface area contributed by atoms with Gasteiger partial charge in [0.05, 0.1) is 17.1 Å². The van der Waals surface area contributed by atoms with Gasteiger partial charge in [0.25, 0.3) is 11.5 Å². The van der Waals surface area contributed by atoms with Crippen LogP contribution in [-0.4, -0.2) is 35.4 Å². The molecule has 0 unspecified atom stereocenters. The average molecular weight is 375 g/mol. The van der Waals surface area contributed by atoms with Crippen LogP contribution in [0.1, 0.15) is 30.4 Å². The molecule has 0 bridgehead atoms. The van der Waals surface area contributed by atoms with Gasteiger partial charge in [0.1, 0.15) is 12.7 Å². The Morgan fingerprint density at radius 3 is 2.61 bits per heavy atom. The topological polar surface area (TPSA) is 108 Å². The number of nitrogens with one attached hydrogen (secondary N) is 1. The summed E-state index contributed by atoms with van der Waals surface area (Å²) in [6.45, 7) is 3.68. The van der Waals surface area contributed by atoms with Crippen molar-refractivity contribution < 1.29 is 4.79 Å². The molecule has 0 aliphatic carbocycles. The van der Waals surface area contributed by atoms with Crippen molar-refractivity contribution in [1.82, 2.24) is 29.5 Å². The molecule has 0 aliphatic rings. The van der Waals surface area contributed by atoms with E-state index in [2.05, 4.69) is 25.5 Å². The number of hydrogen-bond donors (Lipinski definition) is 1. The molecule has 4 rings (SSSR count). The molecule has 1 N–H and O–H groups in total. The molecular formula is C19H17N7O2. The number of hydrogen-bond acceptors (Lipinski definition) is 6. The number of fused-ring (bicyclic) bond motifs is 1. The molecule has 0 fully saturated rings. The first-order valence-electron chi connectivity index (χ1n) is 8.69. The molecule has 0 spiro atoms. The van der Waals surface area contributed by atoms with Crippen LogP contribution in [0.5, 0.6) is 0 Å². The van der Waals surface area contributed by atoms with Crippen LogP contribution >= 0.6 is 0 Å². The number of nitrogens with zero attached hydrogens (tertiary/aromatic N) is 6. The Morgan fingerprint density at radius 1 is 1.11 bits per heavy atom. The molecule has 0 saturated heterocycles. The average Bonchev–Trinajstić information content (AvgIpc) is 3.23. The number of pyridine rings is 1. The van der Waals surface area contributed by atoms with E-state index < -0.39 is 5.91 Å². The lowest BCUT2D eigenvalue weighted by atomic mass is 10.1. The quantitative estimate of drug-likeness (QED) is 0.586. The van der Waals surface area contributed by atoms with E-state index in [1.165, 1.54) is 22.0 Å². The van der Waals surface area contributed by atoms with Crippen LogP contribution in [0.25, 0.3) is 16.6 Å². The minimum atomic E-state index is -0.444. The monoisotopic (exact) mass is 375 g/mol. The van der Waals surface area contributed by atoms with Crippen molar-refractivity contribution in [2.24, 2.45) is 0 Å². The van der Waals surface area contributed by atoms with E-state index in [1.54, 1.807) is 42.6 Å². The number of anilines is 1. The zero-order valence-electron chi connectivity index (χ0n) is 15.3. The summed E-state index contributed by atoms with van der Waals surface area (Å²) in [7, 11) is 0. The zero-order chi connectivity index (χ0) is 19.7. The van der Waals surface area contributed by atoms with Crippen molar-refractivity contribution in [3.8, 4) is 5.82 Å². The maximum Gasteiger partial charge on any atom is 0.276 e. The number of carbonyl (C=O) groups is 1. The Bertz CT molecular complexity index is 1210. The number of carbonyl (C=O) groups excluding carboxylic acids is 1. The molecule has 3 aromatic heterocycles. The second kappa shape index (κ2) is 7.03. The van der Waals surface area contributed by atoms with Crippen LogP contribution in [-0.2, 0) is 0 Å². The second-order valence-corrected chi connectivity index (χ2v) is 6.41. The highest BCUT2D eigenvalue weighted by molar-refractivity contribution is 6.11. The smallest absolute Gasteiger partial charge is 0.276 e. The van der Waals surface area contributed by atoms with E-state index >= 15 is 0 Å². The number of aromatic nitrogens is 6. The van der Waals surface area contributed by atoms with Crippen LogP contribution in [0, 0.1) is 0 Å². The van der Waals surface area contributed by atoms with Gasteiger partial charge < -0.3 is 5.32 Å². The van der Waals surface area contributed by atoms with Gasteiger partial charge in [-0.25, -0.2) is 19.3 Å². The van der Waals surface area contributed by atoms with Gasteiger partial charge in [-0.1, -0.05) is 18.2 Å². The van der Waals surface area contributed by atoms with Crippen LogP contribution in [0.4, 0.5) is 5.69 Å². The predicted molar refractivity (Wildman–Crippen MR) is 103 cm³/mol. The van der Waals surface area contributed by atoms with Crippen LogP contribution < -0.4 is 10.9 Å². The van der Waals surface area contributed by atoms with Crippen LogP contribution in [0.15, 0.2) is 60.0 Å². The Labute approximate surface area is 159 Å². The molecule has 1 aromatic carbocycles. The lowest BCUT2D eigenvalue weighted by Crippen LogP contribution is -2.29. The molecule has 0 radical (unpaired) electrons. The highest BCUT2D eigenvalue weighted by atomic mass is 16.2. The molecule has 9 heteroatoms. The van der Waals surface area contributed by atoms with Gasteiger partial charge in [-0.05, 0) is 32.0 Å². The minimum Gasteiger partial charge on any atom is -0.317 e. The molecule has 28 heavy (non-hydrogen) atoms. The van der Waals surface area contributed by atoms with Gasteiger partial charge in [0, 0.05) is 11.6 Å². The van der Waals surface area contributed by atoms with Gasteiger partial charge in [-0.15, -0.1) is 0 Å². The van der Waals surface area contributed by atoms with Crippen molar-refractivity contribution in [1.29, 1.82) is 0 Å². The van der Waals surface area contributed by atoms with Crippen molar-refractivity contribution >= 4 is 22.4 Å².